The van der Waals surface area contributed by atoms with Crippen molar-refractivity contribution in [2.45, 2.75) is 6.54 Å². The standard InChI is InChI=1S/C28H24N2O6/c31-27-21-8-7-20(29-10-12-34-13-11-29)15-22(21)25(19-4-2-1-3-5-19)26(28(32)33)30(27)16-18-6-9-23-24(14-18)36-17-35-23/h1-9,14-15H,10-13,16-17H2,(H,32,33). The predicted octanol–water partition coefficient (Wildman–Crippen LogP) is 3.98. The van der Waals surface area contributed by atoms with Crippen molar-refractivity contribution in [3.63, 3.8) is 0 Å². The van der Waals surface area contributed by atoms with E-state index in [2.05, 4.69) is 4.90 Å². The fourth-order valence-corrected chi connectivity index (χ4v) is 4.95. The topological polar surface area (TPSA) is 90.2 Å². The number of carboxylic acid groups (broad SMARTS) is 1. The molecule has 0 radical (unpaired) electrons. The highest BCUT2D eigenvalue weighted by molar-refractivity contribution is 6.07. The molecule has 0 spiro atoms. The van der Waals surface area contributed by atoms with E-state index in [1.165, 1.54) is 4.57 Å². The zero-order valence-electron chi connectivity index (χ0n) is 19.5. The van der Waals surface area contributed by atoms with Crippen LogP contribution in [-0.2, 0) is 11.3 Å². The summed E-state index contributed by atoms with van der Waals surface area (Å²) in [4.78, 5) is 28.7. The molecule has 8 nitrogen and oxygen atoms in total. The van der Waals surface area contributed by atoms with Gasteiger partial charge in [0.05, 0.1) is 19.8 Å². The van der Waals surface area contributed by atoms with Gasteiger partial charge in [0, 0.05) is 29.7 Å². The van der Waals surface area contributed by atoms with Crippen LogP contribution in [0.3, 0.4) is 0 Å². The second-order valence-corrected chi connectivity index (χ2v) is 8.80. The first-order valence-electron chi connectivity index (χ1n) is 11.8. The van der Waals surface area contributed by atoms with Crippen LogP contribution < -0.4 is 19.9 Å². The van der Waals surface area contributed by atoms with E-state index in [1.54, 1.807) is 18.2 Å². The van der Waals surface area contributed by atoms with Gasteiger partial charge in [0.2, 0.25) is 6.79 Å². The maximum absolute atomic E-state index is 13.8. The van der Waals surface area contributed by atoms with Crippen molar-refractivity contribution < 1.29 is 24.1 Å². The number of pyridine rings is 1. The zero-order chi connectivity index (χ0) is 24.6. The van der Waals surface area contributed by atoms with E-state index in [9.17, 15) is 14.7 Å². The van der Waals surface area contributed by atoms with Crippen molar-refractivity contribution in [3.8, 4) is 22.6 Å². The molecule has 2 aliphatic rings. The SMILES string of the molecule is O=C(O)c1c(-c2ccccc2)c2cc(N3CCOCC3)ccc2c(=O)n1Cc1ccc2c(c1)OCO2. The van der Waals surface area contributed by atoms with Gasteiger partial charge in [-0.1, -0.05) is 36.4 Å². The molecule has 0 amide bonds. The Labute approximate surface area is 206 Å². The number of anilines is 1. The summed E-state index contributed by atoms with van der Waals surface area (Å²) in [6.07, 6.45) is 0. The summed E-state index contributed by atoms with van der Waals surface area (Å²) in [6, 6.07) is 20.4. The number of hydrogen-bond donors (Lipinski definition) is 1. The molecule has 3 heterocycles. The minimum absolute atomic E-state index is 0.0458. The average Bonchev–Trinajstić information content (AvgIpc) is 3.38. The molecule has 1 fully saturated rings. The fraction of sp³-hybridized carbons (Fsp3) is 0.214. The van der Waals surface area contributed by atoms with Gasteiger partial charge in [-0.15, -0.1) is 0 Å². The van der Waals surface area contributed by atoms with Gasteiger partial charge in [0.15, 0.2) is 11.5 Å². The molecular formula is C28H24N2O6. The number of benzene rings is 3. The molecule has 8 heteroatoms. The Morgan fingerprint density at radius 3 is 2.44 bits per heavy atom. The first-order valence-corrected chi connectivity index (χ1v) is 11.8. The molecule has 3 aromatic carbocycles. The fourth-order valence-electron chi connectivity index (χ4n) is 4.95. The highest BCUT2D eigenvalue weighted by atomic mass is 16.7. The summed E-state index contributed by atoms with van der Waals surface area (Å²) in [5, 5.41) is 11.5. The number of aromatic carboxylic acids is 1. The van der Waals surface area contributed by atoms with E-state index < -0.39 is 5.97 Å². The van der Waals surface area contributed by atoms with E-state index in [0.717, 1.165) is 29.9 Å². The van der Waals surface area contributed by atoms with E-state index in [1.807, 2.05) is 48.5 Å². The molecule has 0 saturated carbocycles. The molecule has 2 aliphatic heterocycles. The largest absolute Gasteiger partial charge is 0.477 e. The van der Waals surface area contributed by atoms with Crippen LogP contribution in [0.4, 0.5) is 5.69 Å². The van der Waals surface area contributed by atoms with Crippen LogP contribution in [-0.4, -0.2) is 48.7 Å². The first kappa shape index (κ1) is 22.2. The lowest BCUT2D eigenvalue weighted by atomic mass is 9.95. The summed E-state index contributed by atoms with van der Waals surface area (Å²) in [7, 11) is 0. The molecule has 4 aromatic rings. The van der Waals surface area contributed by atoms with Crippen molar-refractivity contribution in [2.75, 3.05) is 38.0 Å². The van der Waals surface area contributed by atoms with Crippen LogP contribution in [0.25, 0.3) is 21.9 Å². The predicted molar refractivity (Wildman–Crippen MR) is 135 cm³/mol. The maximum atomic E-state index is 13.8. The maximum Gasteiger partial charge on any atom is 0.353 e. The Morgan fingerprint density at radius 2 is 1.67 bits per heavy atom. The highest BCUT2D eigenvalue weighted by Gasteiger charge is 2.25. The highest BCUT2D eigenvalue weighted by Crippen LogP contribution is 2.35. The lowest BCUT2D eigenvalue weighted by molar-refractivity contribution is 0.0685. The molecule has 6 rings (SSSR count). The van der Waals surface area contributed by atoms with E-state index >= 15 is 0 Å². The number of fused-ring (bicyclic) bond motifs is 2. The molecular weight excluding hydrogens is 460 g/mol. The number of rotatable bonds is 5. The number of ether oxygens (including phenoxy) is 3. The summed E-state index contributed by atoms with van der Waals surface area (Å²) in [5.41, 5.74) is 2.54. The van der Waals surface area contributed by atoms with Crippen LogP contribution in [0.5, 0.6) is 11.5 Å². The minimum atomic E-state index is -1.16. The normalized spacial score (nSPS) is 14.8. The summed E-state index contributed by atoms with van der Waals surface area (Å²) in [5.74, 6) is 0.0469. The molecule has 0 atom stereocenters. The number of aromatic nitrogens is 1. The van der Waals surface area contributed by atoms with Gasteiger partial charge in [-0.2, -0.15) is 0 Å². The van der Waals surface area contributed by atoms with Crippen molar-refractivity contribution in [1.29, 1.82) is 0 Å². The lowest BCUT2D eigenvalue weighted by Gasteiger charge is -2.29. The molecule has 1 saturated heterocycles. The zero-order valence-corrected chi connectivity index (χ0v) is 19.5. The summed E-state index contributed by atoms with van der Waals surface area (Å²) < 4.78 is 17.7. The molecule has 0 bridgehead atoms. The van der Waals surface area contributed by atoms with Crippen LogP contribution >= 0.6 is 0 Å². The first-order chi connectivity index (χ1) is 17.6. The number of carbonyl (C=O) groups is 1. The molecule has 36 heavy (non-hydrogen) atoms. The van der Waals surface area contributed by atoms with Crippen LogP contribution in [0, 0.1) is 0 Å². The molecule has 1 aromatic heterocycles. The Hall–Kier alpha value is -4.30. The summed E-state index contributed by atoms with van der Waals surface area (Å²) >= 11 is 0. The molecule has 182 valence electrons. The van der Waals surface area contributed by atoms with E-state index in [4.69, 9.17) is 14.2 Å². The lowest BCUT2D eigenvalue weighted by Crippen LogP contribution is -2.36. The van der Waals surface area contributed by atoms with Gasteiger partial charge in [0.25, 0.3) is 5.56 Å². The van der Waals surface area contributed by atoms with Gasteiger partial charge in [-0.25, -0.2) is 4.79 Å². The third-order valence-corrected chi connectivity index (χ3v) is 6.67. The monoisotopic (exact) mass is 484 g/mol. The van der Waals surface area contributed by atoms with Gasteiger partial charge < -0.3 is 24.2 Å². The second-order valence-electron chi connectivity index (χ2n) is 8.80. The third-order valence-electron chi connectivity index (χ3n) is 6.67. The molecule has 1 N–H and O–H groups in total. The van der Waals surface area contributed by atoms with Crippen LogP contribution in [0.15, 0.2) is 71.5 Å². The van der Waals surface area contributed by atoms with Crippen molar-refractivity contribution in [2.24, 2.45) is 0 Å². The summed E-state index contributed by atoms with van der Waals surface area (Å²) in [6.45, 7) is 2.94. The number of carboxylic acids is 1. The Bertz CT molecular complexity index is 1520. The minimum Gasteiger partial charge on any atom is -0.477 e. The Balaban J connectivity index is 1.59. The average molecular weight is 485 g/mol. The number of morpholine rings is 1. The Kier molecular flexibility index (Phi) is 5.58. The van der Waals surface area contributed by atoms with Crippen molar-refractivity contribution in [1.82, 2.24) is 4.57 Å². The van der Waals surface area contributed by atoms with Gasteiger partial charge >= 0.3 is 5.97 Å². The quantitative estimate of drug-likeness (QED) is 0.458. The van der Waals surface area contributed by atoms with E-state index in [0.29, 0.717) is 41.0 Å². The smallest absolute Gasteiger partial charge is 0.353 e. The van der Waals surface area contributed by atoms with Gasteiger partial charge in [-0.05, 0) is 46.8 Å². The molecule has 0 unspecified atom stereocenters. The van der Waals surface area contributed by atoms with E-state index in [-0.39, 0.29) is 24.6 Å². The van der Waals surface area contributed by atoms with Crippen LogP contribution in [0.1, 0.15) is 16.1 Å². The number of nitrogens with zero attached hydrogens (tertiary/aromatic N) is 2. The number of hydrogen-bond acceptors (Lipinski definition) is 6. The van der Waals surface area contributed by atoms with Gasteiger partial charge in [0.1, 0.15) is 5.69 Å². The van der Waals surface area contributed by atoms with Crippen molar-refractivity contribution in [3.05, 3.63) is 88.3 Å². The Morgan fingerprint density at radius 1 is 0.889 bits per heavy atom. The second kappa shape index (κ2) is 9.05. The third kappa shape index (κ3) is 3.85. The van der Waals surface area contributed by atoms with Crippen LogP contribution in [0.2, 0.25) is 0 Å². The molecule has 0 aliphatic carbocycles. The van der Waals surface area contributed by atoms with Gasteiger partial charge in [-0.3, -0.25) is 9.36 Å². The van der Waals surface area contributed by atoms with Crippen molar-refractivity contribution >= 4 is 22.4 Å².